The fourth-order valence-electron chi connectivity index (χ4n) is 3.16. The van der Waals surface area contributed by atoms with Crippen LogP contribution in [0.3, 0.4) is 0 Å². The molecule has 1 aliphatic rings. The molecule has 3 heteroatoms. The third-order valence-corrected chi connectivity index (χ3v) is 4.44. The Balaban J connectivity index is 1.90. The maximum absolute atomic E-state index is 10.7. The minimum atomic E-state index is -0.441. The summed E-state index contributed by atoms with van der Waals surface area (Å²) in [7, 11) is 1.94. The van der Waals surface area contributed by atoms with Crippen molar-refractivity contribution in [2.24, 2.45) is 18.9 Å². The Hall–Kier alpha value is -0.830. The Bertz CT molecular complexity index is 386. The van der Waals surface area contributed by atoms with Crippen molar-refractivity contribution in [2.75, 3.05) is 0 Å². The zero-order chi connectivity index (χ0) is 13.2. The van der Waals surface area contributed by atoms with E-state index in [-0.39, 0.29) is 0 Å². The van der Waals surface area contributed by atoms with Gasteiger partial charge in [0.25, 0.3) is 0 Å². The number of nitrogens with zero attached hydrogens (tertiary/aromatic N) is 2. The normalized spacial score (nSPS) is 28.8. The van der Waals surface area contributed by atoms with E-state index in [1.807, 2.05) is 24.1 Å². The summed E-state index contributed by atoms with van der Waals surface area (Å²) in [4.78, 5) is 0. The summed E-state index contributed by atoms with van der Waals surface area (Å²) in [5.74, 6) is 1.38. The minimum absolute atomic E-state index is 0.441. The molecule has 1 aromatic heterocycles. The molecule has 0 aliphatic heterocycles. The Morgan fingerprint density at radius 2 is 2.33 bits per heavy atom. The maximum atomic E-state index is 10.7. The average molecular weight is 250 g/mol. The third kappa shape index (κ3) is 3.35. The maximum Gasteiger partial charge on any atom is 0.0653 e. The van der Waals surface area contributed by atoms with Gasteiger partial charge in [-0.05, 0) is 49.5 Å². The van der Waals surface area contributed by atoms with E-state index in [2.05, 4.69) is 18.9 Å². The molecule has 1 aromatic rings. The van der Waals surface area contributed by atoms with E-state index in [9.17, 15) is 5.11 Å². The van der Waals surface area contributed by atoms with Crippen LogP contribution in [-0.2, 0) is 13.5 Å². The van der Waals surface area contributed by atoms with Crippen LogP contribution in [0.25, 0.3) is 0 Å². The van der Waals surface area contributed by atoms with Crippen molar-refractivity contribution in [3.05, 3.63) is 18.0 Å². The van der Waals surface area contributed by atoms with Crippen LogP contribution in [-0.4, -0.2) is 20.5 Å². The molecule has 1 heterocycles. The summed E-state index contributed by atoms with van der Waals surface area (Å²) < 4.78 is 1.83. The Morgan fingerprint density at radius 1 is 1.56 bits per heavy atom. The van der Waals surface area contributed by atoms with Crippen LogP contribution >= 0.6 is 0 Å². The van der Waals surface area contributed by atoms with E-state index in [4.69, 9.17) is 0 Å². The predicted molar refractivity (Wildman–Crippen MR) is 73.3 cm³/mol. The van der Waals surface area contributed by atoms with Crippen molar-refractivity contribution >= 4 is 0 Å². The highest BCUT2D eigenvalue weighted by atomic mass is 16.3. The molecule has 3 nitrogen and oxygen atoms in total. The van der Waals surface area contributed by atoms with E-state index in [0.717, 1.165) is 25.7 Å². The van der Waals surface area contributed by atoms with Gasteiger partial charge >= 0.3 is 0 Å². The molecule has 18 heavy (non-hydrogen) atoms. The summed E-state index contributed by atoms with van der Waals surface area (Å²) >= 11 is 0. The smallest absolute Gasteiger partial charge is 0.0653 e. The third-order valence-electron chi connectivity index (χ3n) is 4.44. The molecule has 0 bridgehead atoms. The minimum Gasteiger partial charge on any atom is -0.390 e. The van der Waals surface area contributed by atoms with Gasteiger partial charge in [0.2, 0.25) is 0 Å². The van der Waals surface area contributed by atoms with Gasteiger partial charge in [-0.25, -0.2) is 0 Å². The number of aryl methyl sites for hydroxylation is 2. The topological polar surface area (TPSA) is 38.1 Å². The molecule has 0 radical (unpaired) electrons. The zero-order valence-corrected chi connectivity index (χ0v) is 11.9. The number of hydrogen-bond donors (Lipinski definition) is 1. The lowest BCUT2D eigenvalue weighted by atomic mass is 9.72. The van der Waals surface area contributed by atoms with Crippen molar-refractivity contribution in [3.8, 4) is 0 Å². The van der Waals surface area contributed by atoms with E-state index >= 15 is 0 Å². The number of rotatable bonds is 4. The van der Waals surface area contributed by atoms with Gasteiger partial charge in [0.05, 0.1) is 11.8 Å². The highest BCUT2D eigenvalue weighted by Crippen LogP contribution is 2.38. The van der Waals surface area contributed by atoms with Crippen LogP contribution in [0.5, 0.6) is 0 Å². The van der Waals surface area contributed by atoms with Crippen molar-refractivity contribution < 1.29 is 5.11 Å². The fraction of sp³-hybridized carbons (Fsp3) is 0.800. The number of aromatic nitrogens is 2. The van der Waals surface area contributed by atoms with Crippen molar-refractivity contribution in [2.45, 2.75) is 58.0 Å². The van der Waals surface area contributed by atoms with E-state index in [1.54, 1.807) is 0 Å². The number of hydrogen-bond acceptors (Lipinski definition) is 2. The first-order valence-electron chi connectivity index (χ1n) is 7.18. The van der Waals surface area contributed by atoms with Gasteiger partial charge in [0.15, 0.2) is 0 Å². The van der Waals surface area contributed by atoms with Gasteiger partial charge in [0.1, 0.15) is 0 Å². The van der Waals surface area contributed by atoms with Crippen molar-refractivity contribution in [1.29, 1.82) is 0 Å². The molecular formula is C15H26N2O. The molecule has 102 valence electrons. The van der Waals surface area contributed by atoms with E-state index in [1.165, 1.54) is 18.4 Å². The quantitative estimate of drug-likeness (QED) is 0.892. The molecule has 2 rings (SSSR count). The van der Waals surface area contributed by atoms with Crippen LogP contribution in [0, 0.1) is 11.8 Å². The number of aliphatic hydroxyl groups is 1. The molecule has 2 unspecified atom stereocenters. The Labute approximate surface area is 110 Å². The molecule has 0 amide bonds. The molecule has 0 spiro atoms. The molecule has 2 atom stereocenters. The summed E-state index contributed by atoms with van der Waals surface area (Å²) in [5.41, 5.74) is 0.792. The lowest BCUT2D eigenvalue weighted by molar-refractivity contribution is -0.0308. The summed E-state index contributed by atoms with van der Waals surface area (Å²) in [5, 5.41) is 14.9. The highest BCUT2D eigenvalue weighted by Gasteiger charge is 2.34. The van der Waals surface area contributed by atoms with Crippen LogP contribution in [0.4, 0.5) is 0 Å². The van der Waals surface area contributed by atoms with Crippen LogP contribution in [0.2, 0.25) is 0 Å². The molecular weight excluding hydrogens is 224 g/mol. The second-order valence-electron chi connectivity index (χ2n) is 6.35. The monoisotopic (exact) mass is 250 g/mol. The lowest BCUT2D eigenvalue weighted by Gasteiger charge is -2.38. The van der Waals surface area contributed by atoms with Gasteiger partial charge in [-0.3, -0.25) is 4.68 Å². The first kappa shape index (κ1) is 13.6. The second-order valence-corrected chi connectivity index (χ2v) is 6.35. The van der Waals surface area contributed by atoms with Gasteiger partial charge in [0, 0.05) is 13.2 Å². The predicted octanol–water partition coefficient (Wildman–Crippen LogP) is 2.93. The molecule has 0 aromatic carbocycles. The van der Waals surface area contributed by atoms with Gasteiger partial charge < -0.3 is 5.11 Å². The van der Waals surface area contributed by atoms with Crippen molar-refractivity contribution in [1.82, 2.24) is 9.78 Å². The van der Waals surface area contributed by atoms with Gasteiger partial charge in [-0.2, -0.15) is 5.10 Å². The van der Waals surface area contributed by atoms with Crippen LogP contribution in [0.1, 0.15) is 51.5 Å². The van der Waals surface area contributed by atoms with Gasteiger partial charge in [-0.15, -0.1) is 0 Å². The molecule has 1 fully saturated rings. The second kappa shape index (κ2) is 5.43. The zero-order valence-electron chi connectivity index (χ0n) is 11.9. The largest absolute Gasteiger partial charge is 0.390 e. The van der Waals surface area contributed by atoms with Crippen LogP contribution in [0.15, 0.2) is 12.4 Å². The molecule has 0 saturated heterocycles. The highest BCUT2D eigenvalue weighted by molar-refractivity contribution is 5.05. The van der Waals surface area contributed by atoms with Crippen LogP contribution < -0.4 is 0 Å². The SMILES string of the molecule is CC(C)C1CCCC(O)(CCc2cnn(C)c2)C1. The molecule has 1 aliphatic carbocycles. The average Bonchev–Trinajstić information content (AvgIpc) is 2.73. The molecule has 1 N–H and O–H groups in total. The van der Waals surface area contributed by atoms with Crippen molar-refractivity contribution in [3.63, 3.8) is 0 Å². The first-order chi connectivity index (χ1) is 8.48. The summed E-state index contributed by atoms with van der Waals surface area (Å²) in [6, 6.07) is 0. The Kier molecular flexibility index (Phi) is 4.10. The lowest BCUT2D eigenvalue weighted by Crippen LogP contribution is -2.37. The summed E-state index contributed by atoms with van der Waals surface area (Å²) in [6.45, 7) is 4.55. The first-order valence-corrected chi connectivity index (χ1v) is 7.18. The summed E-state index contributed by atoms with van der Waals surface area (Å²) in [6.07, 6.45) is 10.2. The van der Waals surface area contributed by atoms with E-state index in [0.29, 0.717) is 11.8 Å². The van der Waals surface area contributed by atoms with E-state index < -0.39 is 5.60 Å². The Morgan fingerprint density at radius 3 is 2.94 bits per heavy atom. The van der Waals surface area contributed by atoms with Gasteiger partial charge in [-0.1, -0.05) is 20.3 Å². The fourth-order valence-corrected chi connectivity index (χ4v) is 3.16. The standard InChI is InChI=1S/C15H26N2O/c1-12(2)14-5-4-7-15(18,9-14)8-6-13-10-16-17(3)11-13/h10-12,14,18H,4-9H2,1-3H3. The molecule has 1 saturated carbocycles.